The smallest absolute Gasteiger partial charge is 0.238 e. The van der Waals surface area contributed by atoms with E-state index >= 15 is 0 Å². The Hall–Kier alpha value is -1.11. The largest absolute Gasteiger partial charge is 0.371 e. The van der Waals surface area contributed by atoms with Crippen LogP contribution in [0.15, 0.2) is 29.2 Å². The predicted molar refractivity (Wildman–Crippen MR) is 78.8 cm³/mol. The van der Waals surface area contributed by atoms with Crippen molar-refractivity contribution in [2.24, 2.45) is 22.7 Å². The quantitative estimate of drug-likeness (QED) is 0.848. The molecule has 1 aliphatic heterocycles. The number of primary sulfonamides is 1. The molecule has 1 saturated carbocycles. The molecule has 3 rings (SSSR count). The van der Waals surface area contributed by atoms with Gasteiger partial charge in [0.05, 0.1) is 4.90 Å². The normalized spacial score (nSPS) is 30.3. The summed E-state index contributed by atoms with van der Waals surface area (Å²) in [6, 6.07) is 7.13. The van der Waals surface area contributed by atoms with Crippen LogP contribution in [-0.2, 0) is 10.0 Å². The summed E-state index contributed by atoms with van der Waals surface area (Å²) in [5.41, 5.74) is 7.27. The number of nitrogens with zero attached hydrogens (tertiary/aromatic N) is 1. The number of nitrogens with two attached hydrogens (primary N) is 2. The van der Waals surface area contributed by atoms with Gasteiger partial charge in [-0.05, 0) is 48.9 Å². The zero-order chi connectivity index (χ0) is 14.3. The monoisotopic (exact) mass is 295 g/mol. The summed E-state index contributed by atoms with van der Waals surface area (Å²) >= 11 is 0. The van der Waals surface area contributed by atoms with Crippen LogP contribution in [0.1, 0.15) is 19.3 Å². The fraction of sp³-hybridized carbons (Fsp3) is 0.571. The third-order valence-corrected chi connectivity index (χ3v) is 5.61. The Kier molecular flexibility index (Phi) is 3.48. The molecular weight excluding hydrogens is 274 g/mol. The highest BCUT2D eigenvalue weighted by molar-refractivity contribution is 7.89. The van der Waals surface area contributed by atoms with Gasteiger partial charge in [-0.2, -0.15) is 0 Å². The first-order valence-corrected chi connectivity index (χ1v) is 8.63. The molecule has 5 nitrogen and oxygen atoms in total. The van der Waals surface area contributed by atoms with Crippen LogP contribution in [0.25, 0.3) is 0 Å². The molecule has 0 amide bonds. The van der Waals surface area contributed by atoms with Gasteiger partial charge in [-0.25, -0.2) is 13.6 Å². The van der Waals surface area contributed by atoms with Crippen LogP contribution in [0.2, 0.25) is 0 Å². The molecule has 1 aliphatic carbocycles. The zero-order valence-electron chi connectivity index (χ0n) is 11.4. The summed E-state index contributed by atoms with van der Waals surface area (Å²) in [5, 5.41) is 5.12. The Balaban J connectivity index is 1.78. The first-order valence-electron chi connectivity index (χ1n) is 7.08. The van der Waals surface area contributed by atoms with E-state index in [1.165, 1.54) is 12.8 Å². The molecule has 3 unspecified atom stereocenters. The maximum Gasteiger partial charge on any atom is 0.238 e. The Morgan fingerprint density at radius 1 is 1.10 bits per heavy atom. The number of rotatable bonds is 2. The molecule has 2 fully saturated rings. The van der Waals surface area contributed by atoms with Gasteiger partial charge >= 0.3 is 0 Å². The van der Waals surface area contributed by atoms with Crippen LogP contribution in [0, 0.1) is 11.8 Å². The van der Waals surface area contributed by atoms with Gasteiger partial charge in [0.15, 0.2) is 0 Å². The van der Waals surface area contributed by atoms with Gasteiger partial charge in [0, 0.05) is 24.8 Å². The third-order valence-electron chi connectivity index (χ3n) is 4.68. The second-order valence-corrected chi connectivity index (χ2v) is 7.52. The molecule has 0 spiro atoms. The summed E-state index contributed by atoms with van der Waals surface area (Å²) in [4.78, 5) is 2.47. The van der Waals surface area contributed by atoms with Gasteiger partial charge in [0.25, 0.3) is 0 Å². The molecule has 3 atom stereocenters. The van der Waals surface area contributed by atoms with Crippen molar-refractivity contribution in [3.05, 3.63) is 24.3 Å². The molecule has 1 heterocycles. The average Bonchev–Trinajstić information content (AvgIpc) is 2.83. The maximum atomic E-state index is 11.3. The Bertz CT molecular complexity index is 585. The van der Waals surface area contributed by atoms with Gasteiger partial charge < -0.3 is 10.6 Å². The molecule has 2 aliphatic rings. The predicted octanol–water partition coefficient (Wildman–Crippen LogP) is 0.898. The summed E-state index contributed by atoms with van der Waals surface area (Å²) in [7, 11) is -3.61. The summed E-state index contributed by atoms with van der Waals surface area (Å²) in [6.07, 6.45) is 3.60. The van der Waals surface area contributed by atoms with E-state index in [9.17, 15) is 8.42 Å². The van der Waals surface area contributed by atoms with Crippen LogP contribution in [0.4, 0.5) is 5.69 Å². The van der Waals surface area contributed by atoms with Crippen LogP contribution < -0.4 is 15.8 Å². The molecular formula is C14H21N3O2S. The molecule has 1 aromatic rings. The van der Waals surface area contributed by atoms with Crippen molar-refractivity contribution in [1.29, 1.82) is 0 Å². The van der Waals surface area contributed by atoms with Crippen LogP contribution >= 0.6 is 0 Å². The highest BCUT2D eigenvalue weighted by Crippen LogP contribution is 2.37. The number of anilines is 1. The van der Waals surface area contributed by atoms with E-state index in [2.05, 4.69) is 4.90 Å². The third kappa shape index (κ3) is 2.55. The molecule has 0 bridgehead atoms. The number of hydrogen-bond acceptors (Lipinski definition) is 4. The van der Waals surface area contributed by atoms with Crippen molar-refractivity contribution in [3.8, 4) is 0 Å². The van der Waals surface area contributed by atoms with Crippen molar-refractivity contribution >= 4 is 15.7 Å². The van der Waals surface area contributed by atoms with Crippen LogP contribution in [0.3, 0.4) is 0 Å². The highest BCUT2D eigenvalue weighted by Gasteiger charge is 2.38. The molecule has 4 N–H and O–H groups in total. The van der Waals surface area contributed by atoms with Gasteiger partial charge in [-0.1, -0.05) is 6.42 Å². The summed E-state index contributed by atoms with van der Waals surface area (Å²) < 4.78 is 22.5. The first-order chi connectivity index (χ1) is 9.45. The lowest BCUT2D eigenvalue weighted by Gasteiger charge is -2.29. The minimum Gasteiger partial charge on any atom is -0.371 e. The molecule has 110 valence electrons. The second-order valence-electron chi connectivity index (χ2n) is 5.96. The van der Waals surface area contributed by atoms with Crippen molar-refractivity contribution in [2.45, 2.75) is 30.2 Å². The Labute approximate surface area is 120 Å². The lowest BCUT2D eigenvalue weighted by atomic mass is 9.78. The van der Waals surface area contributed by atoms with Crippen LogP contribution in [0.5, 0.6) is 0 Å². The van der Waals surface area contributed by atoms with Crippen molar-refractivity contribution in [1.82, 2.24) is 0 Å². The Morgan fingerprint density at radius 3 is 2.40 bits per heavy atom. The summed E-state index contributed by atoms with van der Waals surface area (Å²) in [6.45, 7) is 1.99. The minimum atomic E-state index is -3.61. The molecule has 20 heavy (non-hydrogen) atoms. The molecule has 0 radical (unpaired) electrons. The first kappa shape index (κ1) is 13.9. The molecule has 6 heteroatoms. The van der Waals surface area contributed by atoms with E-state index in [4.69, 9.17) is 10.9 Å². The number of hydrogen-bond donors (Lipinski definition) is 2. The standard InChI is InChI=1S/C14H21N3O2S/c15-14-3-1-2-10-8-17(9-13(10)14)11-4-6-12(7-5-11)20(16,18)19/h4-7,10,13-14H,1-3,8-9,15H2,(H2,16,18,19). The lowest BCUT2D eigenvalue weighted by molar-refractivity contribution is 0.260. The SMILES string of the molecule is NC1CCCC2CN(c3ccc(S(N)(=O)=O)cc3)CC12. The number of benzene rings is 1. The van der Waals surface area contributed by atoms with Gasteiger partial charge in [0.2, 0.25) is 10.0 Å². The average molecular weight is 295 g/mol. The van der Waals surface area contributed by atoms with E-state index in [0.717, 1.165) is 25.2 Å². The van der Waals surface area contributed by atoms with Crippen molar-refractivity contribution in [3.63, 3.8) is 0 Å². The summed E-state index contributed by atoms with van der Waals surface area (Å²) in [5.74, 6) is 1.25. The van der Waals surface area contributed by atoms with E-state index in [1.54, 1.807) is 12.1 Å². The second kappa shape index (κ2) is 5.02. The zero-order valence-corrected chi connectivity index (χ0v) is 12.2. The van der Waals surface area contributed by atoms with Gasteiger partial charge in [0.1, 0.15) is 0 Å². The fourth-order valence-electron chi connectivity index (χ4n) is 3.57. The number of sulfonamides is 1. The van der Waals surface area contributed by atoms with E-state index in [-0.39, 0.29) is 4.90 Å². The number of fused-ring (bicyclic) bond motifs is 1. The van der Waals surface area contributed by atoms with E-state index in [0.29, 0.717) is 17.9 Å². The maximum absolute atomic E-state index is 11.3. The van der Waals surface area contributed by atoms with Crippen molar-refractivity contribution in [2.75, 3.05) is 18.0 Å². The topological polar surface area (TPSA) is 89.4 Å². The molecule has 1 saturated heterocycles. The van der Waals surface area contributed by atoms with Crippen molar-refractivity contribution < 1.29 is 8.42 Å². The fourth-order valence-corrected chi connectivity index (χ4v) is 4.09. The Morgan fingerprint density at radius 2 is 1.80 bits per heavy atom. The molecule has 0 aromatic heterocycles. The van der Waals surface area contributed by atoms with Crippen LogP contribution in [-0.4, -0.2) is 27.5 Å². The lowest BCUT2D eigenvalue weighted by Crippen LogP contribution is -2.38. The van der Waals surface area contributed by atoms with E-state index < -0.39 is 10.0 Å². The minimum absolute atomic E-state index is 0.162. The molecule has 1 aromatic carbocycles. The van der Waals surface area contributed by atoms with E-state index in [1.807, 2.05) is 12.1 Å². The van der Waals surface area contributed by atoms with Gasteiger partial charge in [-0.15, -0.1) is 0 Å². The van der Waals surface area contributed by atoms with Gasteiger partial charge in [-0.3, -0.25) is 0 Å². The highest BCUT2D eigenvalue weighted by atomic mass is 32.2.